The summed E-state index contributed by atoms with van der Waals surface area (Å²) in [7, 11) is 3.02. The Balaban J connectivity index is 2.31. The highest BCUT2D eigenvalue weighted by atomic mass is 16.6. The van der Waals surface area contributed by atoms with Crippen molar-refractivity contribution in [2.45, 2.75) is 12.2 Å². The van der Waals surface area contributed by atoms with Gasteiger partial charge in [-0.15, -0.1) is 0 Å². The number of hydrogen-bond acceptors (Lipinski definition) is 5. The monoisotopic (exact) mass is 223 g/mol. The fraction of sp³-hybridized carbons (Fsp3) is 0.364. The fourth-order valence-corrected chi connectivity index (χ4v) is 1.66. The Morgan fingerprint density at radius 3 is 2.62 bits per heavy atom. The largest absolute Gasteiger partial charge is 0.547 e. The van der Waals surface area contributed by atoms with Crippen molar-refractivity contribution in [3.05, 3.63) is 23.8 Å². The molecule has 1 aromatic rings. The molecule has 0 bridgehead atoms. The third-order valence-electron chi connectivity index (χ3n) is 2.46. The van der Waals surface area contributed by atoms with Gasteiger partial charge in [0, 0.05) is 5.56 Å². The third-order valence-corrected chi connectivity index (χ3v) is 2.46. The van der Waals surface area contributed by atoms with Crippen molar-refractivity contribution >= 4 is 5.97 Å². The zero-order chi connectivity index (χ0) is 11.7. The van der Waals surface area contributed by atoms with Gasteiger partial charge in [-0.05, 0) is 6.07 Å². The average molecular weight is 223 g/mol. The third kappa shape index (κ3) is 1.69. The molecule has 0 aliphatic carbocycles. The number of para-hydroxylation sites is 1. The zero-order valence-electron chi connectivity index (χ0n) is 8.93. The number of benzene rings is 1. The Morgan fingerprint density at radius 2 is 2.12 bits per heavy atom. The normalized spacial score (nSPS) is 22.6. The SMILES string of the molecule is COc1cccc(C2OC2C(=O)[O-])c1OC. The van der Waals surface area contributed by atoms with Crippen molar-refractivity contribution in [2.75, 3.05) is 14.2 Å². The van der Waals surface area contributed by atoms with Gasteiger partial charge in [-0.1, -0.05) is 12.1 Å². The van der Waals surface area contributed by atoms with E-state index in [4.69, 9.17) is 14.2 Å². The summed E-state index contributed by atoms with van der Waals surface area (Å²) in [6.07, 6.45) is -1.39. The number of ether oxygens (including phenoxy) is 3. The maximum absolute atomic E-state index is 10.6. The van der Waals surface area contributed by atoms with E-state index in [0.29, 0.717) is 17.1 Å². The van der Waals surface area contributed by atoms with Gasteiger partial charge in [-0.3, -0.25) is 0 Å². The van der Waals surface area contributed by atoms with Crippen molar-refractivity contribution in [1.82, 2.24) is 0 Å². The van der Waals surface area contributed by atoms with Crippen LogP contribution in [0.15, 0.2) is 18.2 Å². The second-order valence-corrected chi connectivity index (χ2v) is 3.38. The van der Waals surface area contributed by atoms with E-state index in [9.17, 15) is 9.90 Å². The summed E-state index contributed by atoms with van der Waals surface area (Å²) < 4.78 is 15.3. The molecular formula is C11H11O5-. The number of carbonyl (C=O) groups excluding carboxylic acids is 1. The molecule has 5 nitrogen and oxygen atoms in total. The van der Waals surface area contributed by atoms with Crippen molar-refractivity contribution in [1.29, 1.82) is 0 Å². The lowest BCUT2D eigenvalue weighted by atomic mass is 10.1. The van der Waals surface area contributed by atoms with Crippen LogP contribution in [0, 0.1) is 0 Å². The Labute approximate surface area is 92.5 Å². The Bertz CT molecular complexity index is 415. The van der Waals surface area contributed by atoms with Crippen LogP contribution >= 0.6 is 0 Å². The van der Waals surface area contributed by atoms with Crippen LogP contribution in [0.25, 0.3) is 0 Å². The van der Waals surface area contributed by atoms with Crippen LogP contribution in [0.2, 0.25) is 0 Å². The molecule has 1 aliphatic rings. The molecule has 2 rings (SSSR count). The summed E-state index contributed by atoms with van der Waals surface area (Å²) >= 11 is 0. The first-order chi connectivity index (χ1) is 7.69. The van der Waals surface area contributed by atoms with Gasteiger partial charge in [0.1, 0.15) is 12.2 Å². The highest BCUT2D eigenvalue weighted by Gasteiger charge is 2.43. The Hall–Kier alpha value is -1.75. The molecule has 1 aliphatic heterocycles. The standard InChI is InChI=1S/C11H12O5/c1-14-7-5-3-4-6(8(7)15-2)9-10(16-9)11(12)13/h3-5,9-10H,1-2H3,(H,12,13)/p-1. The number of carbonyl (C=O) groups is 1. The van der Waals surface area contributed by atoms with E-state index in [1.54, 1.807) is 18.2 Å². The predicted molar refractivity (Wildman–Crippen MR) is 52.2 cm³/mol. The molecule has 0 radical (unpaired) electrons. The molecule has 1 fully saturated rings. The number of carboxylic acids is 1. The summed E-state index contributed by atoms with van der Waals surface area (Å²) in [5, 5.41) is 10.6. The molecule has 1 aromatic carbocycles. The van der Waals surface area contributed by atoms with E-state index >= 15 is 0 Å². The summed E-state index contributed by atoms with van der Waals surface area (Å²) in [6.45, 7) is 0. The molecule has 0 N–H and O–H groups in total. The van der Waals surface area contributed by atoms with E-state index in [2.05, 4.69) is 0 Å². The molecule has 2 atom stereocenters. The smallest absolute Gasteiger partial charge is 0.166 e. The first-order valence-corrected chi connectivity index (χ1v) is 4.76. The molecule has 0 amide bonds. The number of methoxy groups -OCH3 is 2. The molecule has 5 heteroatoms. The second kappa shape index (κ2) is 4.02. The van der Waals surface area contributed by atoms with E-state index in [1.165, 1.54) is 14.2 Å². The van der Waals surface area contributed by atoms with Gasteiger partial charge in [0.2, 0.25) is 0 Å². The summed E-state index contributed by atoms with van der Waals surface area (Å²) in [5.41, 5.74) is 0.663. The van der Waals surface area contributed by atoms with Crippen LogP contribution in [0.4, 0.5) is 0 Å². The lowest BCUT2D eigenvalue weighted by molar-refractivity contribution is -0.307. The van der Waals surface area contributed by atoms with Crippen molar-refractivity contribution in [3.63, 3.8) is 0 Å². The first kappa shape index (κ1) is 10.8. The van der Waals surface area contributed by atoms with Crippen molar-refractivity contribution in [3.8, 4) is 11.5 Å². The van der Waals surface area contributed by atoms with Gasteiger partial charge < -0.3 is 24.1 Å². The maximum atomic E-state index is 10.6. The van der Waals surface area contributed by atoms with E-state index in [0.717, 1.165) is 0 Å². The van der Waals surface area contributed by atoms with Crippen LogP contribution in [0.1, 0.15) is 11.7 Å². The average Bonchev–Trinajstić information content (AvgIpc) is 3.07. The number of hydrogen-bond donors (Lipinski definition) is 0. The van der Waals surface area contributed by atoms with E-state index < -0.39 is 18.2 Å². The zero-order valence-corrected chi connectivity index (χ0v) is 8.93. The first-order valence-electron chi connectivity index (χ1n) is 4.76. The summed E-state index contributed by atoms with van der Waals surface area (Å²) in [4.78, 5) is 10.6. The Morgan fingerprint density at radius 1 is 1.38 bits per heavy atom. The second-order valence-electron chi connectivity index (χ2n) is 3.38. The number of rotatable bonds is 4. The lowest BCUT2D eigenvalue weighted by Gasteiger charge is -2.10. The lowest BCUT2D eigenvalue weighted by Crippen LogP contribution is -2.28. The van der Waals surface area contributed by atoms with Gasteiger partial charge in [0.25, 0.3) is 0 Å². The van der Waals surface area contributed by atoms with Crippen molar-refractivity contribution < 1.29 is 24.1 Å². The molecule has 2 unspecified atom stereocenters. The molecule has 0 aromatic heterocycles. The van der Waals surface area contributed by atoms with Gasteiger partial charge in [0.05, 0.1) is 20.2 Å². The molecular weight excluding hydrogens is 212 g/mol. The van der Waals surface area contributed by atoms with Gasteiger partial charge >= 0.3 is 0 Å². The van der Waals surface area contributed by atoms with E-state index in [-0.39, 0.29) is 0 Å². The quantitative estimate of drug-likeness (QED) is 0.666. The van der Waals surface area contributed by atoms with Crippen LogP contribution in [-0.4, -0.2) is 26.3 Å². The van der Waals surface area contributed by atoms with Gasteiger partial charge in [-0.25, -0.2) is 0 Å². The molecule has 86 valence electrons. The van der Waals surface area contributed by atoms with Crippen molar-refractivity contribution in [2.24, 2.45) is 0 Å². The number of epoxide rings is 1. The molecule has 0 spiro atoms. The Kier molecular flexibility index (Phi) is 2.70. The molecule has 0 saturated carbocycles. The summed E-state index contributed by atoms with van der Waals surface area (Å²) in [6, 6.07) is 5.23. The van der Waals surface area contributed by atoms with Crippen LogP contribution in [0.3, 0.4) is 0 Å². The van der Waals surface area contributed by atoms with Crippen LogP contribution < -0.4 is 14.6 Å². The molecule has 1 heterocycles. The summed E-state index contributed by atoms with van der Waals surface area (Å²) in [5.74, 6) is -0.166. The van der Waals surface area contributed by atoms with Crippen LogP contribution in [0.5, 0.6) is 11.5 Å². The minimum atomic E-state index is -1.21. The topological polar surface area (TPSA) is 71.1 Å². The van der Waals surface area contributed by atoms with E-state index in [1.807, 2.05) is 0 Å². The number of aliphatic carboxylic acids is 1. The molecule has 1 saturated heterocycles. The highest BCUT2D eigenvalue weighted by molar-refractivity contribution is 5.74. The van der Waals surface area contributed by atoms with Gasteiger partial charge in [-0.2, -0.15) is 0 Å². The van der Waals surface area contributed by atoms with Crippen LogP contribution in [-0.2, 0) is 9.53 Å². The minimum Gasteiger partial charge on any atom is -0.547 e. The van der Waals surface area contributed by atoms with Gasteiger partial charge in [0.15, 0.2) is 11.5 Å². The highest BCUT2D eigenvalue weighted by Crippen LogP contribution is 2.45. The maximum Gasteiger partial charge on any atom is 0.166 e. The molecule has 16 heavy (non-hydrogen) atoms. The number of carboxylic acid groups (broad SMARTS) is 1. The minimum absolute atomic E-state index is 0.499. The predicted octanol–water partition coefficient (Wildman–Crippen LogP) is -0.106. The fourth-order valence-electron chi connectivity index (χ4n) is 1.66.